The Morgan fingerprint density at radius 2 is 1.84 bits per heavy atom. The summed E-state index contributed by atoms with van der Waals surface area (Å²) in [5.74, 6) is 0. The highest BCUT2D eigenvalue weighted by Gasteiger charge is 2.24. The maximum Gasteiger partial charge on any atom is 0.211 e. The molecular weight excluding hydrogens is 396 g/mol. The summed E-state index contributed by atoms with van der Waals surface area (Å²) in [6.45, 7) is 2.57. The molecule has 1 aliphatic rings. The van der Waals surface area contributed by atoms with Gasteiger partial charge >= 0.3 is 0 Å². The molecule has 0 amide bonds. The Bertz CT molecular complexity index is 555. The first-order chi connectivity index (χ1) is 8.91. The van der Waals surface area contributed by atoms with E-state index in [0.717, 1.165) is 22.9 Å². The van der Waals surface area contributed by atoms with Gasteiger partial charge in [-0.05, 0) is 23.8 Å². The van der Waals surface area contributed by atoms with Gasteiger partial charge < -0.3 is 4.90 Å². The number of hydrogen-bond donors (Lipinski definition) is 0. The summed E-state index contributed by atoms with van der Waals surface area (Å²) in [7, 11) is -3.06. The fourth-order valence-electron chi connectivity index (χ4n) is 2.23. The van der Waals surface area contributed by atoms with Gasteiger partial charge in [0.2, 0.25) is 10.0 Å². The molecular formula is C12H16Br2N2O2S. The van der Waals surface area contributed by atoms with E-state index in [2.05, 4.69) is 48.9 Å². The topological polar surface area (TPSA) is 40.6 Å². The predicted molar refractivity (Wildman–Crippen MR) is 85.4 cm³/mol. The van der Waals surface area contributed by atoms with Crippen molar-refractivity contribution in [3.63, 3.8) is 0 Å². The van der Waals surface area contributed by atoms with Crippen molar-refractivity contribution in [2.24, 2.45) is 0 Å². The smallest absolute Gasteiger partial charge is 0.211 e. The van der Waals surface area contributed by atoms with Crippen LogP contribution in [0.1, 0.15) is 5.56 Å². The molecule has 4 nitrogen and oxygen atoms in total. The van der Waals surface area contributed by atoms with E-state index in [0.29, 0.717) is 13.1 Å². The minimum Gasteiger partial charge on any atom is -0.369 e. The van der Waals surface area contributed by atoms with Crippen molar-refractivity contribution < 1.29 is 8.42 Å². The quantitative estimate of drug-likeness (QED) is 0.717. The lowest BCUT2D eigenvalue weighted by Crippen LogP contribution is -2.48. The second kappa shape index (κ2) is 6.11. The summed E-state index contributed by atoms with van der Waals surface area (Å²) in [5, 5.41) is 0.786. The Hall–Kier alpha value is -0.110. The molecule has 0 radical (unpaired) electrons. The Labute approximate surface area is 131 Å². The van der Waals surface area contributed by atoms with E-state index in [4.69, 9.17) is 0 Å². The van der Waals surface area contributed by atoms with Gasteiger partial charge in [0.15, 0.2) is 0 Å². The highest BCUT2D eigenvalue weighted by molar-refractivity contribution is 9.10. The van der Waals surface area contributed by atoms with Gasteiger partial charge in [-0.3, -0.25) is 0 Å². The number of halogens is 2. The lowest BCUT2D eigenvalue weighted by molar-refractivity contribution is 0.388. The van der Waals surface area contributed by atoms with Crippen LogP contribution in [-0.4, -0.2) is 45.2 Å². The third-order valence-electron chi connectivity index (χ3n) is 3.23. The second-order valence-electron chi connectivity index (χ2n) is 4.56. The van der Waals surface area contributed by atoms with Crippen molar-refractivity contribution in [1.29, 1.82) is 0 Å². The molecule has 0 aromatic heterocycles. The molecule has 1 aromatic rings. The third-order valence-corrected chi connectivity index (χ3v) is 5.63. The Morgan fingerprint density at radius 1 is 1.21 bits per heavy atom. The number of hydrogen-bond acceptors (Lipinski definition) is 3. The van der Waals surface area contributed by atoms with Crippen molar-refractivity contribution in [3.8, 4) is 0 Å². The van der Waals surface area contributed by atoms with Gasteiger partial charge in [0.05, 0.1) is 6.26 Å². The van der Waals surface area contributed by atoms with E-state index < -0.39 is 10.0 Å². The zero-order valence-corrected chi connectivity index (χ0v) is 14.6. The van der Waals surface area contributed by atoms with Crippen LogP contribution in [0.25, 0.3) is 0 Å². The molecule has 0 atom stereocenters. The van der Waals surface area contributed by atoms with Gasteiger partial charge in [0.25, 0.3) is 0 Å². The fourth-order valence-corrected chi connectivity index (χ4v) is 3.91. The average Bonchev–Trinajstić information content (AvgIpc) is 2.37. The van der Waals surface area contributed by atoms with Gasteiger partial charge in [-0.15, -0.1) is 0 Å². The molecule has 1 aromatic carbocycles. The molecule has 1 heterocycles. The Balaban J connectivity index is 2.14. The summed E-state index contributed by atoms with van der Waals surface area (Å²) in [6, 6.07) is 6.19. The van der Waals surface area contributed by atoms with Crippen LogP contribution in [0.2, 0.25) is 0 Å². The molecule has 0 unspecified atom stereocenters. The molecule has 19 heavy (non-hydrogen) atoms. The van der Waals surface area contributed by atoms with Crippen molar-refractivity contribution in [1.82, 2.24) is 4.31 Å². The fraction of sp³-hybridized carbons (Fsp3) is 0.500. The van der Waals surface area contributed by atoms with E-state index in [1.165, 1.54) is 21.8 Å². The number of sulfonamides is 1. The number of nitrogens with zero attached hydrogens (tertiary/aromatic N) is 2. The third kappa shape index (κ3) is 3.71. The van der Waals surface area contributed by atoms with Gasteiger partial charge in [-0.2, -0.15) is 4.31 Å². The molecule has 2 rings (SSSR count). The standard InChI is InChI=1S/C12H16Br2N2O2S/c1-19(17,18)16-6-4-15(5-7-16)12-3-2-11(14)8-10(12)9-13/h2-3,8H,4-7,9H2,1H3. The predicted octanol–water partition coefficient (Wildman–Crippen LogP) is 2.43. The van der Waals surface area contributed by atoms with E-state index in [1.54, 1.807) is 0 Å². The minimum atomic E-state index is -3.06. The van der Waals surface area contributed by atoms with E-state index >= 15 is 0 Å². The number of alkyl halides is 1. The molecule has 0 spiro atoms. The molecule has 0 N–H and O–H groups in total. The number of benzene rings is 1. The van der Waals surface area contributed by atoms with Gasteiger partial charge in [0.1, 0.15) is 0 Å². The monoisotopic (exact) mass is 410 g/mol. The Morgan fingerprint density at radius 3 is 2.37 bits per heavy atom. The molecule has 106 valence electrons. The van der Waals surface area contributed by atoms with E-state index in [-0.39, 0.29) is 0 Å². The minimum absolute atomic E-state index is 0.552. The normalized spacial score (nSPS) is 17.7. The number of piperazine rings is 1. The number of rotatable bonds is 3. The van der Waals surface area contributed by atoms with E-state index in [1.807, 2.05) is 6.07 Å². The second-order valence-corrected chi connectivity index (χ2v) is 8.01. The highest BCUT2D eigenvalue weighted by atomic mass is 79.9. The molecule has 1 aliphatic heterocycles. The van der Waals surface area contributed by atoms with E-state index in [9.17, 15) is 8.42 Å². The van der Waals surface area contributed by atoms with Crippen LogP contribution in [0.5, 0.6) is 0 Å². The average molecular weight is 412 g/mol. The molecule has 7 heteroatoms. The highest BCUT2D eigenvalue weighted by Crippen LogP contribution is 2.27. The maximum absolute atomic E-state index is 11.5. The van der Waals surface area contributed by atoms with Crippen LogP contribution in [0.4, 0.5) is 5.69 Å². The summed E-state index contributed by atoms with van der Waals surface area (Å²) in [5.41, 5.74) is 2.38. The van der Waals surface area contributed by atoms with Crippen LogP contribution < -0.4 is 4.90 Å². The van der Waals surface area contributed by atoms with Crippen LogP contribution in [0.15, 0.2) is 22.7 Å². The summed E-state index contributed by atoms with van der Waals surface area (Å²) < 4.78 is 25.6. The van der Waals surface area contributed by atoms with Crippen LogP contribution in [0, 0.1) is 0 Å². The molecule has 1 saturated heterocycles. The maximum atomic E-state index is 11.5. The summed E-state index contributed by atoms with van der Waals surface area (Å²) in [6.07, 6.45) is 1.27. The van der Waals surface area contributed by atoms with Crippen molar-refractivity contribution in [3.05, 3.63) is 28.2 Å². The van der Waals surface area contributed by atoms with Gasteiger partial charge in [0, 0.05) is 41.7 Å². The molecule has 0 bridgehead atoms. The zero-order valence-electron chi connectivity index (χ0n) is 10.6. The van der Waals surface area contributed by atoms with Gasteiger partial charge in [-0.1, -0.05) is 31.9 Å². The first-order valence-electron chi connectivity index (χ1n) is 5.96. The van der Waals surface area contributed by atoms with Crippen LogP contribution in [-0.2, 0) is 15.4 Å². The lowest BCUT2D eigenvalue weighted by atomic mass is 10.1. The lowest BCUT2D eigenvalue weighted by Gasteiger charge is -2.35. The van der Waals surface area contributed by atoms with Crippen molar-refractivity contribution in [2.75, 3.05) is 37.3 Å². The largest absolute Gasteiger partial charge is 0.369 e. The Kier molecular flexibility index (Phi) is 4.92. The summed E-state index contributed by atoms with van der Waals surface area (Å²) >= 11 is 6.97. The molecule has 0 aliphatic carbocycles. The molecule has 1 fully saturated rings. The molecule has 0 saturated carbocycles. The number of anilines is 1. The van der Waals surface area contributed by atoms with Crippen molar-refractivity contribution >= 4 is 47.6 Å². The first kappa shape index (κ1) is 15.3. The zero-order chi connectivity index (χ0) is 14.0. The van der Waals surface area contributed by atoms with Crippen molar-refractivity contribution in [2.45, 2.75) is 5.33 Å². The van der Waals surface area contributed by atoms with Crippen LogP contribution >= 0.6 is 31.9 Å². The SMILES string of the molecule is CS(=O)(=O)N1CCN(c2ccc(Br)cc2CBr)CC1. The first-order valence-corrected chi connectivity index (χ1v) is 9.72. The summed E-state index contributed by atoms with van der Waals surface area (Å²) in [4.78, 5) is 2.24. The van der Waals surface area contributed by atoms with Crippen LogP contribution in [0.3, 0.4) is 0 Å². The van der Waals surface area contributed by atoms with Gasteiger partial charge in [-0.25, -0.2) is 8.42 Å².